The van der Waals surface area contributed by atoms with Crippen molar-refractivity contribution in [1.29, 1.82) is 0 Å². The van der Waals surface area contributed by atoms with E-state index in [4.69, 9.17) is 4.74 Å². The first-order valence-electron chi connectivity index (χ1n) is 9.03. The monoisotopic (exact) mass is 355 g/mol. The van der Waals surface area contributed by atoms with Crippen molar-refractivity contribution in [2.75, 3.05) is 49.6 Å². The number of benzene rings is 1. The Morgan fingerprint density at radius 1 is 1.15 bits per heavy atom. The van der Waals surface area contributed by atoms with E-state index in [1.54, 1.807) is 17.2 Å². The standard InChI is InChI=1S/C19H25N5O2/c1-3-23(4-2)16-7-5-15(6-8-16)21-19-20-10-9-17(22-19)18(25)24-11-13-26-14-12-24/h5-10H,3-4,11-14H2,1-2H3,(H,20,21,22). The molecule has 3 rings (SSSR count). The molecule has 7 nitrogen and oxygen atoms in total. The Morgan fingerprint density at radius 3 is 2.50 bits per heavy atom. The third-order valence-corrected chi connectivity index (χ3v) is 4.43. The summed E-state index contributed by atoms with van der Waals surface area (Å²) in [6.45, 7) is 8.55. The molecule has 26 heavy (non-hydrogen) atoms. The summed E-state index contributed by atoms with van der Waals surface area (Å²) in [5.41, 5.74) is 2.46. The fourth-order valence-electron chi connectivity index (χ4n) is 2.94. The van der Waals surface area contributed by atoms with Gasteiger partial charge in [0, 0.05) is 43.8 Å². The van der Waals surface area contributed by atoms with E-state index in [1.807, 2.05) is 12.1 Å². The summed E-state index contributed by atoms with van der Waals surface area (Å²) < 4.78 is 5.29. The number of hydrogen-bond acceptors (Lipinski definition) is 6. The van der Waals surface area contributed by atoms with E-state index in [1.165, 1.54) is 5.69 Å². The number of aromatic nitrogens is 2. The molecule has 0 saturated carbocycles. The number of amides is 1. The zero-order chi connectivity index (χ0) is 18.4. The molecule has 1 aromatic heterocycles. The van der Waals surface area contributed by atoms with Crippen LogP contribution >= 0.6 is 0 Å². The highest BCUT2D eigenvalue weighted by molar-refractivity contribution is 5.92. The van der Waals surface area contributed by atoms with Gasteiger partial charge in [0.2, 0.25) is 5.95 Å². The van der Waals surface area contributed by atoms with Crippen molar-refractivity contribution >= 4 is 23.2 Å². The first-order chi connectivity index (χ1) is 12.7. The van der Waals surface area contributed by atoms with Gasteiger partial charge in [-0.1, -0.05) is 0 Å². The Kier molecular flexibility index (Phi) is 6.01. The topological polar surface area (TPSA) is 70.6 Å². The van der Waals surface area contributed by atoms with Gasteiger partial charge in [-0.3, -0.25) is 4.79 Å². The molecule has 1 saturated heterocycles. The Morgan fingerprint density at radius 2 is 1.85 bits per heavy atom. The number of carbonyl (C=O) groups excluding carboxylic acids is 1. The smallest absolute Gasteiger partial charge is 0.272 e. The van der Waals surface area contributed by atoms with Gasteiger partial charge in [0.1, 0.15) is 5.69 Å². The SMILES string of the molecule is CCN(CC)c1ccc(Nc2nccc(C(=O)N3CCOCC3)n2)cc1. The quantitative estimate of drug-likeness (QED) is 0.859. The summed E-state index contributed by atoms with van der Waals surface area (Å²) in [4.78, 5) is 25.2. The molecule has 0 spiro atoms. The third-order valence-electron chi connectivity index (χ3n) is 4.43. The number of rotatable bonds is 6. The number of hydrogen-bond donors (Lipinski definition) is 1. The van der Waals surface area contributed by atoms with Crippen LogP contribution in [0.3, 0.4) is 0 Å². The van der Waals surface area contributed by atoms with Gasteiger partial charge < -0.3 is 19.9 Å². The van der Waals surface area contributed by atoms with Crippen LogP contribution < -0.4 is 10.2 Å². The highest BCUT2D eigenvalue weighted by atomic mass is 16.5. The van der Waals surface area contributed by atoms with Gasteiger partial charge in [-0.25, -0.2) is 9.97 Å². The van der Waals surface area contributed by atoms with Gasteiger partial charge in [-0.15, -0.1) is 0 Å². The minimum atomic E-state index is -0.0874. The van der Waals surface area contributed by atoms with Crippen molar-refractivity contribution in [2.24, 2.45) is 0 Å². The number of carbonyl (C=O) groups is 1. The lowest BCUT2D eigenvalue weighted by atomic mass is 10.2. The van der Waals surface area contributed by atoms with E-state index in [-0.39, 0.29) is 5.91 Å². The van der Waals surface area contributed by atoms with Crippen LogP contribution in [0.4, 0.5) is 17.3 Å². The first kappa shape index (κ1) is 18.1. The van der Waals surface area contributed by atoms with Crippen molar-refractivity contribution in [3.63, 3.8) is 0 Å². The fourth-order valence-corrected chi connectivity index (χ4v) is 2.94. The van der Waals surface area contributed by atoms with Crippen LogP contribution in [0.15, 0.2) is 36.5 Å². The summed E-state index contributed by atoms with van der Waals surface area (Å²) in [7, 11) is 0. The number of nitrogens with zero attached hydrogens (tertiary/aromatic N) is 4. The molecule has 2 heterocycles. The van der Waals surface area contributed by atoms with E-state index in [0.29, 0.717) is 37.9 Å². The van der Waals surface area contributed by atoms with Crippen LogP contribution in [-0.4, -0.2) is 60.2 Å². The Bertz CT molecular complexity index is 725. The average molecular weight is 355 g/mol. The minimum Gasteiger partial charge on any atom is -0.378 e. The van der Waals surface area contributed by atoms with Gasteiger partial charge in [0.25, 0.3) is 5.91 Å². The lowest BCUT2D eigenvalue weighted by molar-refractivity contribution is 0.0299. The molecule has 1 fully saturated rings. The molecule has 1 aliphatic heterocycles. The summed E-state index contributed by atoms with van der Waals surface area (Å²) >= 11 is 0. The lowest BCUT2D eigenvalue weighted by Gasteiger charge is -2.26. The lowest BCUT2D eigenvalue weighted by Crippen LogP contribution is -2.41. The maximum absolute atomic E-state index is 12.5. The molecule has 0 atom stereocenters. The maximum Gasteiger partial charge on any atom is 0.272 e. The van der Waals surface area contributed by atoms with Crippen LogP contribution in [0.1, 0.15) is 24.3 Å². The van der Waals surface area contributed by atoms with Gasteiger partial charge >= 0.3 is 0 Å². The van der Waals surface area contributed by atoms with Crippen LogP contribution in [-0.2, 0) is 4.74 Å². The van der Waals surface area contributed by atoms with Crippen molar-refractivity contribution in [2.45, 2.75) is 13.8 Å². The summed E-state index contributed by atoms with van der Waals surface area (Å²) in [5.74, 6) is 0.329. The normalized spacial score (nSPS) is 14.2. The third kappa shape index (κ3) is 4.29. The molecule has 0 bridgehead atoms. The number of ether oxygens (including phenoxy) is 1. The van der Waals surface area contributed by atoms with Crippen molar-refractivity contribution in [3.05, 3.63) is 42.2 Å². The second-order valence-electron chi connectivity index (χ2n) is 6.01. The van der Waals surface area contributed by atoms with Gasteiger partial charge in [-0.05, 0) is 44.2 Å². The number of nitrogens with one attached hydrogen (secondary N) is 1. The summed E-state index contributed by atoms with van der Waals surface area (Å²) in [6.07, 6.45) is 1.60. The second kappa shape index (κ2) is 8.62. The maximum atomic E-state index is 12.5. The first-order valence-corrected chi connectivity index (χ1v) is 9.03. The molecule has 1 aliphatic rings. The van der Waals surface area contributed by atoms with Crippen molar-refractivity contribution in [1.82, 2.24) is 14.9 Å². The van der Waals surface area contributed by atoms with E-state index in [9.17, 15) is 4.79 Å². The minimum absolute atomic E-state index is 0.0874. The van der Waals surface area contributed by atoms with E-state index < -0.39 is 0 Å². The Labute approximate surface area is 154 Å². The van der Waals surface area contributed by atoms with Crippen LogP contribution in [0, 0.1) is 0 Å². The van der Waals surface area contributed by atoms with Gasteiger partial charge in [-0.2, -0.15) is 0 Å². The average Bonchev–Trinajstić information content (AvgIpc) is 2.70. The van der Waals surface area contributed by atoms with Crippen molar-refractivity contribution < 1.29 is 9.53 Å². The highest BCUT2D eigenvalue weighted by Gasteiger charge is 2.20. The van der Waals surface area contributed by atoms with Crippen LogP contribution in [0.2, 0.25) is 0 Å². The molecule has 1 amide bonds. The largest absolute Gasteiger partial charge is 0.378 e. The number of morpholine rings is 1. The Balaban J connectivity index is 1.69. The van der Waals surface area contributed by atoms with Crippen LogP contribution in [0.25, 0.3) is 0 Å². The molecule has 2 aromatic rings. The number of anilines is 3. The molecular weight excluding hydrogens is 330 g/mol. The van der Waals surface area contributed by atoms with Crippen LogP contribution in [0.5, 0.6) is 0 Å². The molecule has 0 aliphatic carbocycles. The summed E-state index contributed by atoms with van der Waals surface area (Å²) in [6, 6.07) is 9.77. The Hall–Kier alpha value is -2.67. The zero-order valence-electron chi connectivity index (χ0n) is 15.3. The van der Waals surface area contributed by atoms with Crippen molar-refractivity contribution in [3.8, 4) is 0 Å². The molecule has 0 radical (unpaired) electrons. The second-order valence-corrected chi connectivity index (χ2v) is 6.01. The molecule has 0 unspecified atom stereocenters. The molecule has 1 N–H and O–H groups in total. The van der Waals surface area contributed by atoms with E-state index >= 15 is 0 Å². The molecule has 7 heteroatoms. The van der Waals surface area contributed by atoms with E-state index in [2.05, 4.69) is 46.2 Å². The molecule has 138 valence electrons. The predicted molar refractivity (Wildman–Crippen MR) is 102 cm³/mol. The predicted octanol–water partition coefficient (Wildman–Crippen LogP) is 2.54. The summed E-state index contributed by atoms with van der Waals surface area (Å²) in [5, 5.41) is 3.17. The zero-order valence-corrected chi connectivity index (χ0v) is 15.3. The van der Waals surface area contributed by atoms with Gasteiger partial charge in [0.05, 0.1) is 13.2 Å². The fraction of sp³-hybridized carbons (Fsp3) is 0.421. The van der Waals surface area contributed by atoms with E-state index in [0.717, 1.165) is 18.8 Å². The van der Waals surface area contributed by atoms with Gasteiger partial charge in [0.15, 0.2) is 0 Å². The highest BCUT2D eigenvalue weighted by Crippen LogP contribution is 2.20. The molecule has 1 aromatic carbocycles. The molecular formula is C19H25N5O2.